The van der Waals surface area contributed by atoms with Gasteiger partial charge < -0.3 is 4.74 Å². The molecule has 78 valence electrons. The molecule has 1 aliphatic rings. The molecule has 0 saturated heterocycles. The largest absolute Gasteiger partial charge is 0.489 e. The highest BCUT2D eigenvalue weighted by Crippen LogP contribution is 2.28. The molecule has 0 aliphatic heterocycles. The normalized spacial score (nSPS) is 14.7. The molecule has 0 bridgehead atoms. The lowest BCUT2D eigenvalue weighted by atomic mass is 10.3. The van der Waals surface area contributed by atoms with Gasteiger partial charge in [0, 0.05) is 0 Å². The first-order valence-electron chi connectivity index (χ1n) is 4.47. The first kappa shape index (κ1) is 9.57. The van der Waals surface area contributed by atoms with Crippen molar-refractivity contribution in [3.8, 4) is 5.75 Å². The minimum Gasteiger partial charge on any atom is -0.489 e. The van der Waals surface area contributed by atoms with Gasteiger partial charge in [0.25, 0.3) is 0 Å². The van der Waals surface area contributed by atoms with E-state index in [1.807, 2.05) is 0 Å². The number of hydrogen-bond acceptors (Lipinski definition) is 5. The van der Waals surface area contributed by atoms with Crippen LogP contribution in [0.5, 0.6) is 5.75 Å². The zero-order valence-corrected chi connectivity index (χ0v) is 7.75. The van der Waals surface area contributed by atoms with Crippen molar-refractivity contribution >= 4 is 12.0 Å². The quantitative estimate of drug-likeness (QED) is 0.423. The molecule has 6 nitrogen and oxygen atoms in total. The van der Waals surface area contributed by atoms with Crippen LogP contribution < -0.4 is 4.74 Å². The van der Waals surface area contributed by atoms with E-state index in [0.29, 0.717) is 12.0 Å². The Labute approximate surface area is 85.0 Å². The molecule has 2 rings (SSSR count). The zero-order valence-electron chi connectivity index (χ0n) is 7.75. The van der Waals surface area contributed by atoms with Crippen molar-refractivity contribution in [2.45, 2.75) is 18.9 Å². The first-order valence-corrected chi connectivity index (χ1v) is 4.47. The summed E-state index contributed by atoms with van der Waals surface area (Å²) in [5.74, 6) is 0.342. The van der Waals surface area contributed by atoms with Crippen molar-refractivity contribution in [1.82, 2.24) is 4.98 Å². The Morgan fingerprint density at radius 2 is 2.33 bits per heavy atom. The molecule has 0 atom stereocenters. The van der Waals surface area contributed by atoms with E-state index in [1.165, 1.54) is 12.3 Å². The van der Waals surface area contributed by atoms with E-state index in [0.717, 1.165) is 12.8 Å². The fraction of sp³-hybridized carbons (Fsp3) is 0.333. The monoisotopic (exact) mass is 208 g/mol. The smallest absolute Gasteiger partial charge is 0.301 e. The molecule has 1 fully saturated rings. The van der Waals surface area contributed by atoms with E-state index >= 15 is 0 Å². The van der Waals surface area contributed by atoms with Gasteiger partial charge in [0.2, 0.25) is 0 Å². The van der Waals surface area contributed by atoms with Gasteiger partial charge in [0.15, 0.2) is 12.0 Å². The predicted molar refractivity (Wildman–Crippen MR) is 49.9 cm³/mol. The number of hydrogen-bond donors (Lipinski definition) is 0. The summed E-state index contributed by atoms with van der Waals surface area (Å²) >= 11 is 0. The Morgan fingerprint density at radius 1 is 1.60 bits per heavy atom. The number of carbonyl (C=O) groups excluding carboxylic acids is 1. The second kappa shape index (κ2) is 3.64. The second-order valence-electron chi connectivity index (χ2n) is 3.27. The second-order valence-corrected chi connectivity index (χ2v) is 3.27. The summed E-state index contributed by atoms with van der Waals surface area (Å²) in [6.45, 7) is 0. The van der Waals surface area contributed by atoms with Gasteiger partial charge in [0.05, 0.1) is 23.3 Å². The Kier molecular flexibility index (Phi) is 2.32. The molecule has 0 amide bonds. The van der Waals surface area contributed by atoms with E-state index in [1.54, 1.807) is 0 Å². The van der Waals surface area contributed by atoms with Crippen LogP contribution in [-0.2, 0) is 0 Å². The van der Waals surface area contributed by atoms with Gasteiger partial charge in [0.1, 0.15) is 5.75 Å². The molecular weight excluding hydrogens is 200 g/mol. The van der Waals surface area contributed by atoms with Crippen LogP contribution in [-0.4, -0.2) is 22.3 Å². The summed E-state index contributed by atoms with van der Waals surface area (Å²) in [5, 5.41) is 10.6. The molecule has 1 aromatic heterocycles. The number of ether oxygens (including phenoxy) is 1. The van der Waals surface area contributed by atoms with Crippen molar-refractivity contribution in [1.29, 1.82) is 0 Å². The molecule has 1 aromatic rings. The van der Waals surface area contributed by atoms with Crippen LogP contribution in [0.25, 0.3) is 0 Å². The van der Waals surface area contributed by atoms with Crippen LogP contribution in [0.1, 0.15) is 23.3 Å². The van der Waals surface area contributed by atoms with Crippen molar-refractivity contribution in [3.63, 3.8) is 0 Å². The Bertz CT molecular complexity index is 415. The maximum Gasteiger partial charge on any atom is 0.301 e. The molecule has 0 unspecified atom stereocenters. The third-order valence-corrected chi connectivity index (χ3v) is 2.01. The summed E-state index contributed by atoms with van der Waals surface area (Å²) in [7, 11) is 0. The maximum absolute atomic E-state index is 10.6. The van der Waals surface area contributed by atoms with Crippen LogP contribution in [0.4, 0.5) is 5.69 Å². The van der Waals surface area contributed by atoms with E-state index in [-0.39, 0.29) is 17.5 Å². The highest BCUT2D eigenvalue weighted by atomic mass is 16.6. The minimum absolute atomic E-state index is 0.147. The molecule has 1 heterocycles. The highest BCUT2D eigenvalue weighted by Gasteiger charge is 2.25. The van der Waals surface area contributed by atoms with E-state index in [4.69, 9.17) is 4.74 Å². The van der Waals surface area contributed by atoms with Crippen molar-refractivity contribution in [3.05, 3.63) is 28.1 Å². The molecule has 0 aromatic carbocycles. The number of nitro groups is 1. The molecule has 1 aliphatic carbocycles. The molecule has 0 radical (unpaired) electrons. The minimum atomic E-state index is -0.642. The maximum atomic E-state index is 10.6. The van der Waals surface area contributed by atoms with Gasteiger partial charge in [-0.15, -0.1) is 0 Å². The lowest BCUT2D eigenvalue weighted by Gasteiger charge is -2.03. The van der Waals surface area contributed by atoms with Crippen molar-refractivity contribution in [2.24, 2.45) is 0 Å². The van der Waals surface area contributed by atoms with Crippen LogP contribution in [0.2, 0.25) is 0 Å². The highest BCUT2D eigenvalue weighted by molar-refractivity contribution is 5.78. The predicted octanol–water partition coefficient (Wildman–Crippen LogP) is 1.34. The molecule has 6 heteroatoms. The van der Waals surface area contributed by atoms with Gasteiger partial charge in [-0.25, -0.2) is 4.98 Å². The summed E-state index contributed by atoms with van der Waals surface area (Å²) in [5.41, 5.74) is -0.494. The van der Waals surface area contributed by atoms with Crippen LogP contribution in [0, 0.1) is 10.1 Å². The lowest BCUT2D eigenvalue weighted by molar-refractivity contribution is -0.385. The molecule has 0 spiro atoms. The average molecular weight is 208 g/mol. The number of aldehydes is 1. The number of nitrogens with zero attached hydrogens (tertiary/aromatic N) is 2. The Morgan fingerprint density at radius 3 is 2.87 bits per heavy atom. The number of pyridine rings is 1. The number of rotatable bonds is 4. The SMILES string of the molecule is O=Cc1ncc(OC2CC2)cc1[N+](=O)[O-]. The van der Waals surface area contributed by atoms with Gasteiger partial charge in [-0.1, -0.05) is 0 Å². The van der Waals surface area contributed by atoms with Crippen LogP contribution in [0.3, 0.4) is 0 Å². The summed E-state index contributed by atoms with van der Waals surface area (Å²) in [4.78, 5) is 24.1. The van der Waals surface area contributed by atoms with Gasteiger partial charge in [-0.3, -0.25) is 14.9 Å². The summed E-state index contributed by atoms with van der Waals surface area (Å²) < 4.78 is 5.33. The third-order valence-electron chi connectivity index (χ3n) is 2.01. The first-order chi connectivity index (χ1) is 7.20. The molecule has 0 N–H and O–H groups in total. The molecular formula is C9H8N2O4. The molecule has 15 heavy (non-hydrogen) atoms. The fourth-order valence-electron chi connectivity index (χ4n) is 1.13. The topological polar surface area (TPSA) is 82.3 Å². The van der Waals surface area contributed by atoms with Crippen LogP contribution >= 0.6 is 0 Å². The Balaban J connectivity index is 2.30. The van der Waals surface area contributed by atoms with Crippen molar-refractivity contribution in [2.75, 3.05) is 0 Å². The number of carbonyl (C=O) groups is 1. The molecule has 1 saturated carbocycles. The van der Waals surface area contributed by atoms with Gasteiger partial charge >= 0.3 is 5.69 Å². The van der Waals surface area contributed by atoms with Gasteiger partial charge in [-0.05, 0) is 12.8 Å². The average Bonchev–Trinajstić information content (AvgIpc) is 3.01. The van der Waals surface area contributed by atoms with E-state index in [2.05, 4.69) is 4.98 Å². The fourth-order valence-corrected chi connectivity index (χ4v) is 1.13. The van der Waals surface area contributed by atoms with Gasteiger partial charge in [-0.2, -0.15) is 0 Å². The van der Waals surface area contributed by atoms with E-state index < -0.39 is 4.92 Å². The summed E-state index contributed by atoms with van der Waals surface area (Å²) in [6, 6.07) is 1.23. The third kappa shape index (κ3) is 2.09. The lowest BCUT2D eigenvalue weighted by Crippen LogP contribution is -2.01. The zero-order chi connectivity index (χ0) is 10.8. The summed E-state index contributed by atoms with van der Waals surface area (Å²) in [6.07, 6.45) is 3.76. The number of aromatic nitrogens is 1. The van der Waals surface area contributed by atoms with Crippen LogP contribution in [0.15, 0.2) is 12.3 Å². The Hall–Kier alpha value is -1.98. The standard InChI is InChI=1S/C9H8N2O4/c12-5-8-9(11(13)14)3-7(4-10-8)15-6-1-2-6/h3-6H,1-2H2. The van der Waals surface area contributed by atoms with E-state index in [9.17, 15) is 14.9 Å². The van der Waals surface area contributed by atoms with Crippen molar-refractivity contribution < 1.29 is 14.5 Å².